The Morgan fingerprint density at radius 3 is 1.64 bits per heavy atom. The number of ether oxygens (including phenoxy) is 1. The summed E-state index contributed by atoms with van der Waals surface area (Å²) in [5.74, 6) is -2.66. The zero-order valence-electron chi connectivity index (χ0n) is 22.7. The summed E-state index contributed by atoms with van der Waals surface area (Å²) >= 11 is 0. The molecule has 0 N–H and O–H groups in total. The van der Waals surface area contributed by atoms with Gasteiger partial charge >= 0.3 is 12.3 Å². The average molecular weight is 563 g/mol. The molecule has 1 aromatic rings. The Morgan fingerprint density at radius 2 is 1.18 bits per heavy atom. The van der Waals surface area contributed by atoms with Crippen molar-refractivity contribution in [1.29, 1.82) is 0 Å². The summed E-state index contributed by atoms with van der Waals surface area (Å²) in [7, 11) is 0. The van der Waals surface area contributed by atoms with Gasteiger partial charge in [0, 0.05) is 12.1 Å². The molecule has 0 aromatic heterocycles. The van der Waals surface area contributed by atoms with Gasteiger partial charge in [-0.1, -0.05) is 44.8 Å². The van der Waals surface area contributed by atoms with E-state index in [9.17, 15) is 30.7 Å². The molecule has 0 amide bonds. The molecule has 0 saturated heterocycles. The van der Waals surface area contributed by atoms with E-state index < -0.39 is 41.2 Å². The lowest BCUT2D eigenvalue weighted by molar-refractivity contribution is -0.223. The molecule has 8 heteroatoms. The Bertz CT molecular complexity index is 925. The van der Waals surface area contributed by atoms with E-state index in [0.29, 0.717) is 18.8 Å². The van der Waals surface area contributed by atoms with Crippen LogP contribution in [-0.4, -0.2) is 6.11 Å². The third kappa shape index (κ3) is 7.93. The second-order valence-electron chi connectivity index (χ2n) is 12.2. The second kappa shape index (κ2) is 12.8. The molecule has 3 aliphatic rings. The van der Waals surface area contributed by atoms with E-state index in [4.69, 9.17) is 0 Å². The highest BCUT2D eigenvalue weighted by Crippen LogP contribution is 2.44. The van der Waals surface area contributed by atoms with Gasteiger partial charge in [0.1, 0.15) is 22.9 Å². The van der Waals surface area contributed by atoms with E-state index in [-0.39, 0.29) is 30.9 Å². The first kappa shape index (κ1) is 30.2. The third-order valence-electron chi connectivity index (χ3n) is 9.53. The van der Waals surface area contributed by atoms with Gasteiger partial charge < -0.3 is 4.74 Å². The molecule has 1 aromatic carbocycles. The van der Waals surface area contributed by atoms with E-state index >= 15 is 0 Å². The molecule has 0 radical (unpaired) electrons. The van der Waals surface area contributed by atoms with E-state index in [1.807, 2.05) is 0 Å². The average Bonchev–Trinajstić information content (AvgIpc) is 2.87. The maximum Gasteiger partial charge on any atom is 0.422 e. The quantitative estimate of drug-likeness (QED) is 0.226. The summed E-state index contributed by atoms with van der Waals surface area (Å²) in [4.78, 5) is 0. The molecule has 0 unspecified atom stereocenters. The monoisotopic (exact) mass is 562 g/mol. The van der Waals surface area contributed by atoms with E-state index in [0.717, 1.165) is 17.8 Å². The fourth-order valence-corrected chi connectivity index (χ4v) is 7.25. The minimum absolute atomic E-state index is 0.167. The maximum atomic E-state index is 14.7. The van der Waals surface area contributed by atoms with Crippen LogP contribution in [0.25, 0.3) is 0 Å². The van der Waals surface area contributed by atoms with Crippen LogP contribution < -0.4 is 4.74 Å². The van der Waals surface area contributed by atoms with Crippen molar-refractivity contribution in [2.45, 2.75) is 109 Å². The van der Waals surface area contributed by atoms with Crippen LogP contribution in [0, 0.1) is 47.1 Å². The van der Waals surface area contributed by atoms with Crippen molar-refractivity contribution in [1.82, 2.24) is 0 Å². The molecule has 1 nitrogen and oxygen atoms in total. The van der Waals surface area contributed by atoms with Crippen molar-refractivity contribution in [3.63, 3.8) is 0 Å². The molecular formula is C31H41F7O. The molecule has 3 saturated carbocycles. The van der Waals surface area contributed by atoms with Gasteiger partial charge in [-0.2, -0.15) is 22.0 Å². The number of benzene rings is 1. The van der Waals surface area contributed by atoms with Gasteiger partial charge in [-0.15, -0.1) is 0 Å². The molecule has 0 heterocycles. The zero-order chi connectivity index (χ0) is 28.2. The van der Waals surface area contributed by atoms with Gasteiger partial charge in [-0.25, -0.2) is 8.78 Å². The number of hydrogen-bond donors (Lipinski definition) is 0. The molecule has 0 spiro atoms. The number of halogens is 7. The molecule has 0 bridgehead atoms. The largest absolute Gasteiger partial charge is 0.432 e. The minimum Gasteiger partial charge on any atom is -0.432 e. The number of allylic oxidation sites excluding steroid dienone is 2. The van der Waals surface area contributed by atoms with Crippen molar-refractivity contribution in [2.75, 3.05) is 0 Å². The van der Waals surface area contributed by atoms with Gasteiger partial charge in [0.25, 0.3) is 0 Å². The highest BCUT2D eigenvalue weighted by atomic mass is 19.4. The molecule has 0 atom stereocenters. The second-order valence-corrected chi connectivity index (χ2v) is 12.2. The summed E-state index contributed by atoms with van der Waals surface area (Å²) in [5, 5.41) is 0. The molecule has 4 rings (SSSR count). The van der Waals surface area contributed by atoms with E-state index in [2.05, 4.69) is 23.8 Å². The summed E-state index contributed by atoms with van der Waals surface area (Å²) in [6.45, 7) is 2.27. The van der Waals surface area contributed by atoms with Crippen LogP contribution in [0.15, 0.2) is 24.3 Å². The molecular weight excluding hydrogens is 521 g/mol. The van der Waals surface area contributed by atoms with Crippen LogP contribution in [0.3, 0.4) is 0 Å². The normalized spacial score (nSPS) is 31.0. The van der Waals surface area contributed by atoms with Crippen molar-refractivity contribution >= 4 is 0 Å². The van der Waals surface area contributed by atoms with Crippen LogP contribution in [0.2, 0.25) is 0 Å². The van der Waals surface area contributed by atoms with E-state index in [1.54, 1.807) is 0 Å². The van der Waals surface area contributed by atoms with Gasteiger partial charge in [0.2, 0.25) is 0 Å². The third-order valence-corrected chi connectivity index (χ3v) is 9.53. The fourth-order valence-electron chi connectivity index (χ4n) is 7.25. The van der Waals surface area contributed by atoms with Crippen molar-refractivity contribution < 1.29 is 35.5 Å². The standard InChI is InChI=1S/C31H41F7O/c1-2-3-20-6-12-23(13-7-20)24-14-8-21(9-15-24)4-5-22-10-16-25(17-11-22)31(37,38)39-26-18-27(32)29(28(33)19-26)30(34,35)36/h4-5,18-25H,2-3,6-17H2,1H3/b5-4+. The van der Waals surface area contributed by atoms with Crippen LogP contribution in [0.1, 0.15) is 102 Å². The minimum atomic E-state index is -5.27. The van der Waals surface area contributed by atoms with Crippen molar-refractivity contribution in [2.24, 2.45) is 35.5 Å². The van der Waals surface area contributed by atoms with Crippen LogP contribution in [0.5, 0.6) is 5.75 Å². The predicted octanol–water partition coefficient (Wildman–Crippen LogP) is 10.7. The first-order valence-electron chi connectivity index (χ1n) is 14.8. The van der Waals surface area contributed by atoms with Crippen LogP contribution in [-0.2, 0) is 6.18 Å². The fraction of sp³-hybridized carbons (Fsp3) is 0.742. The summed E-state index contributed by atoms with van der Waals surface area (Å²) in [6, 6.07) is 0.334. The Kier molecular flexibility index (Phi) is 9.96. The molecule has 39 heavy (non-hydrogen) atoms. The molecule has 220 valence electrons. The predicted molar refractivity (Wildman–Crippen MR) is 137 cm³/mol. The Morgan fingerprint density at radius 1 is 0.718 bits per heavy atom. The van der Waals surface area contributed by atoms with Crippen molar-refractivity contribution in [3.8, 4) is 5.75 Å². The Hall–Kier alpha value is -1.73. The smallest absolute Gasteiger partial charge is 0.422 e. The van der Waals surface area contributed by atoms with Gasteiger partial charge in [-0.05, 0) is 93.8 Å². The SMILES string of the molecule is CCCC1CCC(C2CCC(/C=C/C3CCC(C(F)(F)Oc4cc(F)c(C(F)(F)F)c(F)c4)CC3)CC2)CC1. The Balaban J connectivity index is 1.21. The summed E-state index contributed by atoms with van der Waals surface area (Å²) in [5.41, 5.74) is -2.12. The summed E-state index contributed by atoms with van der Waals surface area (Å²) in [6.07, 6.45) is 10.0. The lowest BCUT2D eigenvalue weighted by Crippen LogP contribution is -2.37. The van der Waals surface area contributed by atoms with Crippen LogP contribution >= 0.6 is 0 Å². The Labute approximate surface area is 227 Å². The van der Waals surface area contributed by atoms with Gasteiger partial charge in [0.15, 0.2) is 0 Å². The number of hydrogen-bond acceptors (Lipinski definition) is 1. The van der Waals surface area contributed by atoms with Gasteiger partial charge in [0.05, 0.1) is 5.92 Å². The highest BCUT2D eigenvalue weighted by Gasteiger charge is 2.45. The van der Waals surface area contributed by atoms with E-state index in [1.165, 1.54) is 64.2 Å². The maximum absolute atomic E-state index is 14.7. The molecule has 3 fully saturated rings. The first-order chi connectivity index (χ1) is 18.5. The highest BCUT2D eigenvalue weighted by molar-refractivity contribution is 5.32. The summed E-state index contributed by atoms with van der Waals surface area (Å²) < 4.78 is 99.8. The topological polar surface area (TPSA) is 9.23 Å². The number of alkyl halides is 5. The molecule has 0 aliphatic heterocycles. The zero-order valence-corrected chi connectivity index (χ0v) is 22.7. The lowest BCUT2D eigenvalue weighted by Gasteiger charge is -2.37. The van der Waals surface area contributed by atoms with Gasteiger partial charge in [-0.3, -0.25) is 0 Å². The lowest BCUT2D eigenvalue weighted by atomic mass is 9.68. The first-order valence-corrected chi connectivity index (χ1v) is 14.8. The molecule has 3 aliphatic carbocycles. The van der Waals surface area contributed by atoms with Crippen LogP contribution in [0.4, 0.5) is 30.7 Å². The van der Waals surface area contributed by atoms with Crippen molar-refractivity contribution in [3.05, 3.63) is 41.5 Å². The number of rotatable bonds is 8.